The molecule has 25 heavy (non-hydrogen) atoms. The molecule has 2 aliphatic heterocycles. The van der Waals surface area contributed by atoms with Crippen molar-refractivity contribution in [3.8, 4) is 0 Å². The van der Waals surface area contributed by atoms with E-state index in [0.717, 1.165) is 12.2 Å². The Kier molecular flexibility index (Phi) is 5.79. The molecule has 11 heteroatoms. The summed E-state index contributed by atoms with van der Waals surface area (Å²) in [6, 6.07) is -1.51. The number of aliphatic imine (C=N–C) groups is 2. The lowest BCUT2D eigenvalue weighted by molar-refractivity contribution is -0.117. The van der Waals surface area contributed by atoms with E-state index in [2.05, 4.69) is 20.3 Å². The van der Waals surface area contributed by atoms with Crippen molar-refractivity contribution in [2.75, 3.05) is 19.0 Å². The molecule has 3 aliphatic rings. The first-order valence-corrected chi connectivity index (χ1v) is 9.17. The predicted octanol–water partition coefficient (Wildman–Crippen LogP) is -0.653. The summed E-state index contributed by atoms with van der Waals surface area (Å²) >= 11 is 1.37. The van der Waals surface area contributed by atoms with Crippen molar-refractivity contribution in [1.29, 1.82) is 0 Å². The van der Waals surface area contributed by atoms with Crippen LogP contribution in [-0.2, 0) is 9.53 Å². The molecule has 0 aromatic heterocycles. The Bertz CT molecular complexity index is 612. The van der Waals surface area contributed by atoms with Crippen LogP contribution in [0.15, 0.2) is 20.3 Å². The molecule has 2 heterocycles. The zero-order valence-corrected chi connectivity index (χ0v) is 14.5. The minimum Gasteiger partial charge on any atom is -0.394 e. The van der Waals surface area contributed by atoms with Gasteiger partial charge in [-0.3, -0.25) is 4.79 Å². The van der Waals surface area contributed by atoms with Gasteiger partial charge < -0.3 is 20.1 Å². The molecule has 0 aromatic rings. The summed E-state index contributed by atoms with van der Waals surface area (Å²) in [5.74, 6) is 0.664. The van der Waals surface area contributed by atoms with Crippen LogP contribution < -0.4 is 0 Å². The van der Waals surface area contributed by atoms with Gasteiger partial charge in [-0.15, -0.1) is 5.11 Å². The van der Waals surface area contributed by atoms with Crippen LogP contribution in [0.25, 0.3) is 0 Å². The van der Waals surface area contributed by atoms with E-state index in [1.54, 1.807) is 0 Å². The molecule has 5 atom stereocenters. The summed E-state index contributed by atoms with van der Waals surface area (Å²) in [6.07, 6.45) is -1.69. The zero-order valence-electron chi connectivity index (χ0n) is 13.7. The fourth-order valence-electron chi connectivity index (χ4n) is 2.95. The van der Waals surface area contributed by atoms with Crippen molar-refractivity contribution >= 4 is 28.7 Å². The van der Waals surface area contributed by atoms with Crippen LogP contribution in [0.2, 0.25) is 0 Å². The summed E-state index contributed by atoms with van der Waals surface area (Å²) in [7, 11) is 0. The SMILES string of the molecule is CCCSC1=NC(=O)C2N=NN([C@@H]3C[C@H](OCCO)[C@@H](O)[C@H]3O)C2=N1. The van der Waals surface area contributed by atoms with Gasteiger partial charge in [0.25, 0.3) is 5.91 Å². The zero-order chi connectivity index (χ0) is 18.0. The quantitative estimate of drug-likeness (QED) is 0.563. The number of amidine groups is 2. The summed E-state index contributed by atoms with van der Waals surface area (Å²) in [5, 5.41) is 39.0. The molecule has 138 valence electrons. The Balaban J connectivity index is 1.76. The molecule has 1 fully saturated rings. The lowest BCUT2D eigenvalue weighted by Crippen LogP contribution is -2.46. The van der Waals surface area contributed by atoms with Crippen LogP contribution >= 0.6 is 11.8 Å². The van der Waals surface area contributed by atoms with Crippen molar-refractivity contribution in [3.05, 3.63) is 0 Å². The second-order valence-corrected chi connectivity index (χ2v) is 6.98. The second kappa shape index (κ2) is 7.87. The number of hydrogen-bond acceptors (Lipinski definition) is 10. The van der Waals surface area contributed by atoms with Crippen molar-refractivity contribution in [1.82, 2.24) is 5.01 Å². The first kappa shape index (κ1) is 18.4. The Morgan fingerprint density at radius 1 is 1.32 bits per heavy atom. The maximum atomic E-state index is 12.1. The predicted molar refractivity (Wildman–Crippen MR) is 90.4 cm³/mol. The highest BCUT2D eigenvalue weighted by Crippen LogP contribution is 2.32. The summed E-state index contributed by atoms with van der Waals surface area (Å²) < 4.78 is 5.36. The molecule has 1 amide bonds. The maximum Gasteiger partial charge on any atom is 0.282 e. The van der Waals surface area contributed by atoms with Gasteiger partial charge in [-0.25, -0.2) is 10.0 Å². The Morgan fingerprint density at radius 3 is 2.84 bits per heavy atom. The van der Waals surface area contributed by atoms with Crippen molar-refractivity contribution in [2.24, 2.45) is 20.3 Å². The lowest BCUT2D eigenvalue weighted by atomic mass is 10.1. The fraction of sp³-hybridized carbons (Fsp3) is 0.786. The number of rotatable bonds is 6. The van der Waals surface area contributed by atoms with Gasteiger partial charge in [0.15, 0.2) is 11.0 Å². The third-order valence-corrected chi connectivity index (χ3v) is 5.22. The molecule has 0 aromatic carbocycles. The van der Waals surface area contributed by atoms with Crippen molar-refractivity contribution < 1.29 is 24.9 Å². The van der Waals surface area contributed by atoms with Crippen LogP contribution in [0, 0.1) is 0 Å². The van der Waals surface area contributed by atoms with Gasteiger partial charge in [-0.1, -0.05) is 23.9 Å². The van der Waals surface area contributed by atoms with E-state index in [4.69, 9.17) is 9.84 Å². The molecule has 1 saturated carbocycles. The van der Waals surface area contributed by atoms with Gasteiger partial charge in [-0.05, 0) is 6.42 Å². The van der Waals surface area contributed by atoms with Crippen LogP contribution in [-0.4, -0.2) is 86.6 Å². The van der Waals surface area contributed by atoms with Gasteiger partial charge in [0.2, 0.25) is 6.04 Å². The molecular formula is C14H21N5O5S. The van der Waals surface area contributed by atoms with Crippen LogP contribution in [0.1, 0.15) is 19.8 Å². The average molecular weight is 371 g/mol. The topological polar surface area (TPSA) is 140 Å². The maximum absolute atomic E-state index is 12.1. The number of amides is 1. The van der Waals surface area contributed by atoms with Gasteiger partial charge in [0.05, 0.1) is 25.4 Å². The van der Waals surface area contributed by atoms with E-state index in [9.17, 15) is 15.0 Å². The number of nitrogens with zero attached hydrogens (tertiary/aromatic N) is 5. The molecule has 3 rings (SSSR count). The number of hydrogen-bond donors (Lipinski definition) is 3. The number of thioether (sulfide) groups is 1. The number of aliphatic hydroxyl groups is 3. The molecule has 10 nitrogen and oxygen atoms in total. The largest absolute Gasteiger partial charge is 0.394 e. The van der Waals surface area contributed by atoms with Crippen LogP contribution in [0.4, 0.5) is 0 Å². The van der Waals surface area contributed by atoms with Crippen LogP contribution in [0.5, 0.6) is 0 Å². The van der Waals surface area contributed by atoms with Crippen LogP contribution in [0.3, 0.4) is 0 Å². The third kappa shape index (κ3) is 3.60. The number of aliphatic hydroxyl groups excluding tert-OH is 3. The van der Waals surface area contributed by atoms with E-state index in [1.807, 2.05) is 6.92 Å². The minimum absolute atomic E-state index is 0.0647. The fourth-order valence-corrected chi connectivity index (χ4v) is 3.65. The molecule has 1 aliphatic carbocycles. The Hall–Kier alpha value is -1.40. The van der Waals surface area contributed by atoms with Gasteiger partial charge in [-0.2, -0.15) is 4.99 Å². The van der Waals surface area contributed by atoms with E-state index >= 15 is 0 Å². The minimum atomic E-state index is -1.13. The van der Waals surface area contributed by atoms with Gasteiger partial charge in [0, 0.05) is 12.2 Å². The number of fused-ring (bicyclic) bond motifs is 1. The van der Waals surface area contributed by atoms with E-state index < -0.39 is 36.3 Å². The summed E-state index contributed by atoms with van der Waals surface area (Å²) in [5.41, 5.74) is 0. The summed E-state index contributed by atoms with van der Waals surface area (Å²) in [4.78, 5) is 20.4. The highest BCUT2D eigenvalue weighted by atomic mass is 32.2. The highest BCUT2D eigenvalue weighted by Gasteiger charge is 2.50. The van der Waals surface area contributed by atoms with E-state index in [1.165, 1.54) is 16.8 Å². The first-order valence-electron chi connectivity index (χ1n) is 8.19. The standard InChI is InChI=1S/C14H21N5O5S/c1-2-5-25-14-15-12-9(13(23)16-14)17-18-19(12)7-6-8(24-4-3-20)11(22)10(7)21/h7-11,20-22H,2-6H2,1H3/t7-,8+,9?,10+,11-/m1/s1. The second-order valence-electron chi connectivity index (χ2n) is 5.92. The van der Waals surface area contributed by atoms with E-state index in [0.29, 0.717) is 11.0 Å². The third-order valence-electron chi connectivity index (χ3n) is 4.16. The molecule has 0 radical (unpaired) electrons. The number of carbonyl (C=O) groups excluding carboxylic acids is 1. The molecule has 3 N–H and O–H groups in total. The monoisotopic (exact) mass is 371 g/mol. The van der Waals surface area contributed by atoms with Crippen molar-refractivity contribution in [3.63, 3.8) is 0 Å². The van der Waals surface area contributed by atoms with Crippen molar-refractivity contribution in [2.45, 2.75) is 50.2 Å². The van der Waals surface area contributed by atoms with Gasteiger partial charge >= 0.3 is 0 Å². The molecule has 0 spiro atoms. The Labute approximate surface area is 148 Å². The lowest BCUT2D eigenvalue weighted by Gasteiger charge is -2.26. The van der Waals surface area contributed by atoms with Gasteiger partial charge in [0.1, 0.15) is 12.2 Å². The first-order chi connectivity index (χ1) is 12.1. The Morgan fingerprint density at radius 2 is 2.12 bits per heavy atom. The smallest absolute Gasteiger partial charge is 0.282 e. The average Bonchev–Trinajstić information content (AvgIpc) is 3.14. The summed E-state index contributed by atoms with van der Waals surface area (Å²) in [6.45, 7) is 1.91. The molecule has 0 saturated heterocycles. The normalized spacial score (nSPS) is 34.3. The van der Waals surface area contributed by atoms with E-state index in [-0.39, 0.29) is 19.6 Å². The highest BCUT2D eigenvalue weighted by molar-refractivity contribution is 8.13. The molecule has 1 unspecified atom stereocenters. The molecule has 0 bridgehead atoms. The number of carbonyl (C=O) groups is 1. The molecular weight excluding hydrogens is 350 g/mol. The number of ether oxygens (including phenoxy) is 1.